The van der Waals surface area contributed by atoms with Gasteiger partial charge in [0.15, 0.2) is 5.76 Å². The van der Waals surface area contributed by atoms with Crippen molar-refractivity contribution in [3.05, 3.63) is 75.4 Å². The predicted molar refractivity (Wildman–Crippen MR) is 111 cm³/mol. The van der Waals surface area contributed by atoms with Crippen molar-refractivity contribution >= 4 is 10.9 Å². The van der Waals surface area contributed by atoms with E-state index in [1.807, 2.05) is 22.8 Å². The molecule has 0 spiro atoms. The molecule has 5 heterocycles. The van der Waals surface area contributed by atoms with Crippen LogP contribution in [-0.2, 0) is 32.5 Å². The lowest BCUT2D eigenvalue weighted by Crippen LogP contribution is -2.31. The average Bonchev–Trinajstić information content (AvgIpc) is 3.41. The van der Waals surface area contributed by atoms with E-state index < -0.39 is 0 Å². The Labute approximate surface area is 167 Å². The molecule has 0 unspecified atom stereocenters. The number of aryl methyl sites for hydroxylation is 2. The molecule has 0 saturated carbocycles. The van der Waals surface area contributed by atoms with Gasteiger partial charge in [0, 0.05) is 55.3 Å². The summed E-state index contributed by atoms with van der Waals surface area (Å²) >= 11 is 0. The Morgan fingerprint density at radius 1 is 1.14 bits per heavy atom. The topological polar surface area (TPSA) is 67.1 Å². The number of aromatic nitrogens is 3. The third kappa shape index (κ3) is 2.67. The quantitative estimate of drug-likeness (QED) is 0.585. The SMILES string of the molecule is O=c1cc(CN2CCc3[nH]nc(-c4ccco4)c3C2)c2cccc3c2n1CCC3. The molecular weight excluding hydrogens is 364 g/mol. The van der Waals surface area contributed by atoms with Crippen LogP contribution in [0.5, 0.6) is 0 Å². The van der Waals surface area contributed by atoms with E-state index in [-0.39, 0.29) is 5.56 Å². The van der Waals surface area contributed by atoms with E-state index >= 15 is 0 Å². The number of nitrogens with one attached hydrogen (secondary N) is 1. The van der Waals surface area contributed by atoms with Crippen LogP contribution in [0.25, 0.3) is 22.4 Å². The summed E-state index contributed by atoms with van der Waals surface area (Å²) in [5.41, 5.74) is 6.96. The number of nitrogens with zero attached hydrogens (tertiary/aromatic N) is 3. The highest BCUT2D eigenvalue weighted by atomic mass is 16.3. The van der Waals surface area contributed by atoms with E-state index in [2.05, 4.69) is 33.3 Å². The minimum atomic E-state index is 0.122. The number of hydrogen-bond acceptors (Lipinski definition) is 4. The van der Waals surface area contributed by atoms with Gasteiger partial charge in [0.1, 0.15) is 5.69 Å². The van der Waals surface area contributed by atoms with E-state index in [0.29, 0.717) is 0 Å². The molecule has 29 heavy (non-hydrogen) atoms. The first-order valence-electron chi connectivity index (χ1n) is 10.2. The number of fused-ring (bicyclic) bond motifs is 1. The standard InChI is InChI=1S/C23H22N4O2/c28-21-12-16(17-6-1-4-15-5-2-9-27(21)23(15)17)13-26-10-8-19-18(14-26)22(25-24-19)20-7-3-11-29-20/h1,3-4,6-7,11-12H,2,5,8-10,13-14H2,(H,24,25). The minimum absolute atomic E-state index is 0.122. The van der Waals surface area contributed by atoms with Crippen LogP contribution in [0.3, 0.4) is 0 Å². The molecule has 1 N–H and O–H groups in total. The Bertz CT molecular complexity index is 1270. The number of furan rings is 1. The minimum Gasteiger partial charge on any atom is -0.463 e. The summed E-state index contributed by atoms with van der Waals surface area (Å²) in [7, 11) is 0. The van der Waals surface area contributed by atoms with Gasteiger partial charge in [-0.3, -0.25) is 14.8 Å². The number of benzene rings is 1. The summed E-state index contributed by atoms with van der Waals surface area (Å²) in [5.74, 6) is 0.796. The smallest absolute Gasteiger partial charge is 0.251 e. The Morgan fingerprint density at radius 2 is 2.10 bits per heavy atom. The summed E-state index contributed by atoms with van der Waals surface area (Å²) in [6, 6.07) is 12.1. The third-order valence-corrected chi connectivity index (χ3v) is 6.29. The summed E-state index contributed by atoms with van der Waals surface area (Å²) in [6.07, 6.45) is 4.69. The number of rotatable bonds is 3. The lowest BCUT2D eigenvalue weighted by Gasteiger charge is -2.28. The van der Waals surface area contributed by atoms with Crippen LogP contribution < -0.4 is 5.56 Å². The van der Waals surface area contributed by atoms with Crippen molar-refractivity contribution in [3.63, 3.8) is 0 Å². The van der Waals surface area contributed by atoms with Gasteiger partial charge >= 0.3 is 0 Å². The van der Waals surface area contributed by atoms with Crippen molar-refractivity contribution < 1.29 is 4.42 Å². The maximum absolute atomic E-state index is 12.8. The van der Waals surface area contributed by atoms with Gasteiger partial charge in [-0.25, -0.2) is 0 Å². The zero-order valence-corrected chi connectivity index (χ0v) is 16.1. The number of aromatic amines is 1. The fraction of sp³-hybridized carbons (Fsp3) is 0.304. The monoisotopic (exact) mass is 386 g/mol. The van der Waals surface area contributed by atoms with Gasteiger partial charge in [-0.1, -0.05) is 18.2 Å². The van der Waals surface area contributed by atoms with Crippen LogP contribution in [0.15, 0.2) is 51.9 Å². The van der Waals surface area contributed by atoms with Crippen LogP contribution in [0.1, 0.15) is 28.8 Å². The predicted octanol–water partition coefficient (Wildman–Crippen LogP) is 3.49. The van der Waals surface area contributed by atoms with E-state index in [4.69, 9.17) is 4.42 Å². The average molecular weight is 386 g/mol. The Balaban J connectivity index is 1.37. The molecular formula is C23H22N4O2. The molecule has 0 radical (unpaired) electrons. The Kier molecular flexibility index (Phi) is 3.74. The molecule has 0 amide bonds. The second kappa shape index (κ2) is 6.46. The molecule has 6 nitrogen and oxygen atoms in total. The molecule has 2 aliphatic heterocycles. The second-order valence-electron chi connectivity index (χ2n) is 8.04. The van der Waals surface area contributed by atoms with Crippen LogP contribution >= 0.6 is 0 Å². The highest BCUT2D eigenvalue weighted by Gasteiger charge is 2.25. The lowest BCUT2D eigenvalue weighted by molar-refractivity contribution is 0.245. The fourth-order valence-corrected chi connectivity index (χ4v) is 4.91. The van der Waals surface area contributed by atoms with Crippen molar-refractivity contribution in [2.75, 3.05) is 6.54 Å². The number of para-hydroxylation sites is 1. The van der Waals surface area contributed by atoms with Crippen molar-refractivity contribution in [2.24, 2.45) is 0 Å². The summed E-state index contributed by atoms with van der Waals surface area (Å²) in [6.45, 7) is 3.32. The molecule has 3 aromatic heterocycles. The van der Waals surface area contributed by atoms with E-state index in [1.54, 1.807) is 6.26 Å². The van der Waals surface area contributed by atoms with Gasteiger partial charge in [0.05, 0.1) is 11.8 Å². The zero-order valence-electron chi connectivity index (χ0n) is 16.1. The van der Waals surface area contributed by atoms with E-state index in [0.717, 1.165) is 68.0 Å². The number of pyridine rings is 1. The molecule has 0 fully saturated rings. The summed E-state index contributed by atoms with van der Waals surface area (Å²) < 4.78 is 7.53. The van der Waals surface area contributed by atoms with Gasteiger partial charge in [0.2, 0.25) is 0 Å². The molecule has 4 aromatic rings. The van der Waals surface area contributed by atoms with Crippen molar-refractivity contribution in [2.45, 2.75) is 38.9 Å². The molecule has 6 heteroatoms. The van der Waals surface area contributed by atoms with Gasteiger partial charge in [-0.05, 0) is 36.1 Å². The maximum Gasteiger partial charge on any atom is 0.251 e. The Morgan fingerprint density at radius 3 is 3.00 bits per heavy atom. The van der Waals surface area contributed by atoms with Crippen LogP contribution in [-0.4, -0.2) is 26.2 Å². The van der Waals surface area contributed by atoms with Crippen LogP contribution in [0.4, 0.5) is 0 Å². The molecule has 0 bridgehead atoms. The van der Waals surface area contributed by atoms with E-state index in [9.17, 15) is 4.79 Å². The molecule has 6 rings (SSSR count). The largest absolute Gasteiger partial charge is 0.463 e. The third-order valence-electron chi connectivity index (χ3n) is 6.29. The van der Waals surface area contributed by atoms with Gasteiger partial charge in [0.25, 0.3) is 5.56 Å². The molecule has 146 valence electrons. The molecule has 2 aliphatic rings. The van der Waals surface area contributed by atoms with Crippen molar-refractivity contribution in [1.29, 1.82) is 0 Å². The summed E-state index contributed by atoms with van der Waals surface area (Å²) in [4.78, 5) is 15.2. The van der Waals surface area contributed by atoms with Crippen molar-refractivity contribution in [3.8, 4) is 11.5 Å². The first kappa shape index (κ1) is 16.8. The molecule has 0 aliphatic carbocycles. The maximum atomic E-state index is 12.8. The van der Waals surface area contributed by atoms with E-state index in [1.165, 1.54) is 22.2 Å². The van der Waals surface area contributed by atoms with Gasteiger partial charge in [-0.2, -0.15) is 5.10 Å². The van der Waals surface area contributed by atoms with Crippen LogP contribution in [0.2, 0.25) is 0 Å². The first-order chi connectivity index (χ1) is 14.3. The van der Waals surface area contributed by atoms with Crippen LogP contribution in [0, 0.1) is 0 Å². The highest BCUT2D eigenvalue weighted by Crippen LogP contribution is 2.31. The number of H-pyrrole nitrogens is 1. The molecule has 1 aromatic carbocycles. The molecule has 0 atom stereocenters. The summed E-state index contributed by atoms with van der Waals surface area (Å²) in [5, 5.41) is 8.88. The molecule has 0 saturated heterocycles. The lowest BCUT2D eigenvalue weighted by atomic mass is 9.97. The first-order valence-corrected chi connectivity index (χ1v) is 10.2. The van der Waals surface area contributed by atoms with Gasteiger partial charge < -0.3 is 8.98 Å². The number of hydrogen-bond donors (Lipinski definition) is 1. The van der Waals surface area contributed by atoms with Crippen molar-refractivity contribution in [1.82, 2.24) is 19.7 Å². The fourth-order valence-electron chi connectivity index (χ4n) is 4.91. The second-order valence-corrected chi connectivity index (χ2v) is 8.04. The van der Waals surface area contributed by atoms with Gasteiger partial charge in [-0.15, -0.1) is 0 Å². The Hall–Kier alpha value is -3.12. The zero-order chi connectivity index (χ0) is 19.4. The normalized spacial score (nSPS) is 16.3. The highest BCUT2D eigenvalue weighted by molar-refractivity contribution is 5.86.